The Labute approximate surface area is 240 Å². The lowest BCUT2D eigenvalue weighted by atomic mass is 9.86. The third-order valence-electron chi connectivity index (χ3n) is 7.34. The zero-order valence-electron chi connectivity index (χ0n) is 23.2. The van der Waals surface area contributed by atoms with Crippen molar-refractivity contribution in [1.29, 1.82) is 0 Å². The zero-order valence-corrected chi connectivity index (χ0v) is 24.0. The lowest BCUT2D eigenvalue weighted by molar-refractivity contribution is 0.0523. The van der Waals surface area contributed by atoms with Gasteiger partial charge < -0.3 is 24.7 Å². The van der Waals surface area contributed by atoms with E-state index in [0.29, 0.717) is 53.2 Å². The van der Waals surface area contributed by atoms with Crippen LogP contribution in [0.3, 0.4) is 0 Å². The third kappa shape index (κ3) is 6.57. The van der Waals surface area contributed by atoms with E-state index in [-0.39, 0.29) is 5.97 Å². The lowest BCUT2D eigenvalue weighted by Crippen LogP contribution is -2.31. The van der Waals surface area contributed by atoms with Gasteiger partial charge in [-0.25, -0.2) is 9.78 Å². The summed E-state index contributed by atoms with van der Waals surface area (Å²) in [6.45, 7) is 3.42. The maximum Gasteiger partial charge on any atom is 0.341 e. The van der Waals surface area contributed by atoms with Crippen molar-refractivity contribution in [3.63, 3.8) is 0 Å². The number of hydrogen-bond acceptors (Lipinski definition) is 8. The normalized spacial score (nSPS) is 17.1. The summed E-state index contributed by atoms with van der Waals surface area (Å²) in [5, 5.41) is 8.80. The van der Waals surface area contributed by atoms with E-state index in [1.165, 1.54) is 0 Å². The number of para-hydroxylation sites is 1. The first-order valence-corrected chi connectivity index (χ1v) is 14.3. The van der Waals surface area contributed by atoms with Crippen LogP contribution in [0.5, 0.6) is 0 Å². The first-order valence-electron chi connectivity index (χ1n) is 13.9. The Morgan fingerprint density at radius 2 is 1.82 bits per heavy atom. The highest BCUT2D eigenvalue weighted by Gasteiger charge is 2.24. The van der Waals surface area contributed by atoms with Crippen LogP contribution in [0.4, 0.5) is 11.8 Å². The third-order valence-corrected chi connectivity index (χ3v) is 7.59. The number of nitrogens with zero attached hydrogens (tertiary/aromatic N) is 3. The van der Waals surface area contributed by atoms with E-state index in [1.807, 2.05) is 49.3 Å². The van der Waals surface area contributed by atoms with Gasteiger partial charge in [-0.05, 0) is 87.5 Å². The molecule has 5 rings (SSSR count). The van der Waals surface area contributed by atoms with E-state index in [1.54, 1.807) is 25.1 Å². The van der Waals surface area contributed by atoms with Crippen LogP contribution in [-0.2, 0) is 11.3 Å². The maximum atomic E-state index is 12.6. The molecular weight excluding hydrogens is 526 g/mol. The summed E-state index contributed by atoms with van der Waals surface area (Å²) < 4.78 is 11.4. The van der Waals surface area contributed by atoms with Crippen molar-refractivity contribution in [3.8, 4) is 11.3 Å². The van der Waals surface area contributed by atoms with Gasteiger partial charge in [-0.2, -0.15) is 4.98 Å². The van der Waals surface area contributed by atoms with E-state index < -0.39 is 0 Å². The largest absolute Gasteiger partial charge is 0.462 e. The summed E-state index contributed by atoms with van der Waals surface area (Å²) in [7, 11) is 4.02. The Bertz CT molecular complexity index is 1450. The number of furan rings is 1. The minimum atomic E-state index is -0.372. The molecule has 0 amide bonds. The molecule has 0 spiro atoms. The average Bonchev–Trinajstić information content (AvgIpc) is 3.38. The minimum absolute atomic E-state index is 0.311. The maximum absolute atomic E-state index is 12.6. The van der Waals surface area contributed by atoms with Gasteiger partial charge in [-0.15, -0.1) is 0 Å². The monoisotopic (exact) mass is 561 g/mol. The highest BCUT2D eigenvalue weighted by molar-refractivity contribution is 6.30. The molecular formula is C31H36ClN5O3. The van der Waals surface area contributed by atoms with Crippen molar-refractivity contribution >= 4 is 40.2 Å². The fourth-order valence-electron chi connectivity index (χ4n) is 5.25. The van der Waals surface area contributed by atoms with Crippen LogP contribution in [0.15, 0.2) is 59.0 Å². The molecule has 2 aromatic heterocycles. The van der Waals surface area contributed by atoms with Gasteiger partial charge in [0.05, 0.1) is 18.7 Å². The van der Waals surface area contributed by atoms with Gasteiger partial charge >= 0.3 is 5.97 Å². The van der Waals surface area contributed by atoms with Crippen molar-refractivity contribution in [2.45, 2.75) is 45.2 Å². The van der Waals surface area contributed by atoms with Crippen LogP contribution >= 0.6 is 11.6 Å². The van der Waals surface area contributed by atoms with Crippen molar-refractivity contribution in [2.75, 3.05) is 37.5 Å². The molecule has 40 heavy (non-hydrogen) atoms. The van der Waals surface area contributed by atoms with E-state index in [4.69, 9.17) is 30.7 Å². The van der Waals surface area contributed by atoms with Gasteiger partial charge in [-0.1, -0.05) is 23.7 Å². The topological polar surface area (TPSA) is 92.5 Å². The molecule has 0 radical (unpaired) electrons. The second-order valence-corrected chi connectivity index (χ2v) is 10.9. The number of rotatable bonds is 10. The smallest absolute Gasteiger partial charge is 0.341 e. The fourth-order valence-corrected chi connectivity index (χ4v) is 5.37. The van der Waals surface area contributed by atoms with Crippen LogP contribution in [-0.4, -0.2) is 49.2 Å². The number of carbonyl (C=O) groups is 1. The number of esters is 1. The summed E-state index contributed by atoms with van der Waals surface area (Å²) in [5.74, 6) is 2.99. The van der Waals surface area contributed by atoms with Gasteiger partial charge in [-0.3, -0.25) is 0 Å². The molecule has 210 valence electrons. The van der Waals surface area contributed by atoms with Crippen LogP contribution in [0.1, 0.15) is 48.7 Å². The molecule has 2 heterocycles. The van der Waals surface area contributed by atoms with E-state index in [9.17, 15) is 4.79 Å². The Balaban J connectivity index is 1.16. The molecule has 0 aliphatic heterocycles. The lowest BCUT2D eigenvalue weighted by Gasteiger charge is -2.29. The summed E-state index contributed by atoms with van der Waals surface area (Å²) >= 11 is 6.03. The van der Waals surface area contributed by atoms with E-state index in [2.05, 4.69) is 16.7 Å². The van der Waals surface area contributed by atoms with Crippen LogP contribution in [0.2, 0.25) is 5.02 Å². The number of fused-ring (bicyclic) bond motifs is 1. The number of benzene rings is 2. The summed E-state index contributed by atoms with van der Waals surface area (Å²) in [4.78, 5) is 24.2. The fraction of sp³-hybridized carbons (Fsp3) is 0.387. The molecule has 0 bridgehead atoms. The van der Waals surface area contributed by atoms with Gasteiger partial charge in [0.1, 0.15) is 22.9 Å². The number of halogens is 1. The molecule has 0 unspecified atom stereocenters. The molecule has 9 heteroatoms. The second-order valence-electron chi connectivity index (χ2n) is 10.5. The van der Waals surface area contributed by atoms with Gasteiger partial charge in [0.25, 0.3) is 0 Å². The van der Waals surface area contributed by atoms with Crippen LogP contribution in [0, 0.1) is 5.92 Å². The first kappa shape index (κ1) is 27.9. The predicted molar refractivity (Wildman–Crippen MR) is 160 cm³/mol. The highest BCUT2D eigenvalue weighted by atomic mass is 35.5. The highest BCUT2D eigenvalue weighted by Crippen LogP contribution is 2.30. The van der Waals surface area contributed by atoms with Gasteiger partial charge in [0, 0.05) is 36.1 Å². The van der Waals surface area contributed by atoms with Crippen molar-refractivity contribution < 1.29 is 13.9 Å². The number of ether oxygens (including phenoxy) is 1. The molecule has 1 aliphatic rings. The standard InChI is InChI=1S/C31H36ClN5O3/c1-4-39-30(38)25-17-27(21-11-13-22(32)14-12-21)40-28(25)19-33-18-20-9-15-23(16-10-20)34-31-35-26-8-6-5-7-24(26)29(36-31)37(2)3/h5-8,11-14,17,20,23,33H,4,9-10,15-16,18-19H2,1-3H3,(H,34,35,36). The Hall–Kier alpha value is -3.62. The second kappa shape index (κ2) is 12.7. The van der Waals surface area contributed by atoms with Crippen LogP contribution < -0.4 is 15.5 Å². The zero-order chi connectivity index (χ0) is 28.1. The summed E-state index contributed by atoms with van der Waals surface area (Å²) in [5.41, 5.74) is 2.26. The molecule has 1 saturated carbocycles. The van der Waals surface area contributed by atoms with Crippen molar-refractivity contribution in [2.24, 2.45) is 5.92 Å². The quantitative estimate of drug-likeness (QED) is 0.211. The summed E-state index contributed by atoms with van der Waals surface area (Å²) in [6.07, 6.45) is 4.29. The Kier molecular flexibility index (Phi) is 8.87. The molecule has 0 atom stereocenters. The number of carbonyl (C=O) groups excluding carboxylic acids is 1. The van der Waals surface area contributed by atoms with Gasteiger partial charge in [0.2, 0.25) is 5.95 Å². The van der Waals surface area contributed by atoms with Crippen molar-refractivity contribution in [1.82, 2.24) is 15.3 Å². The molecule has 8 nitrogen and oxygen atoms in total. The minimum Gasteiger partial charge on any atom is -0.462 e. The van der Waals surface area contributed by atoms with E-state index >= 15 is 0 Å². The van der Waals surface area contributed by atoms with Gasteiger partial charge in [0.15, 0.2) is 0 Å². The summed E-state index contributed by atoms with van der Waals surface area (Å²) in [6, 6.07) is 17.6. The number of hydrogen-bond donors (Lipinski definition) is 2. The Morgan fingerprint density at radius 1 is 1.07 bits per heavy atom. The first-order chi connectivity index (χ1) is 19.4. The molecule has 1 fully saturated rings. The van der Waals surface area contributed by atoms with Crippen LogP contribution in [0.25, 0.3) is 22.2 Å². The number of anilines is 2. The Morgan fingerprint density at radius 3 is 2.55 bits per heavy atom. The molecule has 2 N–H and O–H groups in total. The SMILES string of the molecule is CCOC(=O)c1cc(-c2ccc(Cl)cc2)oc1CNCC1CCC(Nc2nc(N(C)C)c3ccccc3n2)CC1. The van der Waals surface area contributed by atoms with E-state index in [0.717, 1.165) is 54.5 Å². The number of nitrogens with one attached hydrogen (secondary N) is 2. The molecule has 4 aromatic rings. The average molecular weight is 562 g/mol. The molecule has 2 aromatic carbocycles. The molecule has 1 aliphatic carbocycles. The molecule has 0 saturated heterocycles. The van der Waals surface area contributed by atoms with Crippen molar-refractivity contribution in [3.05, 3.63) is 70.9 Å². The number of aromatic nitrogens is 2. The predicted octanol–water partition coefficient (Wildman–Crippen LogP) is 6.55.